The molecule has 5 heterocycles. The number of hydrogen-bond acceptors (Lipinski definition) is 36. The number of guanidine groups is 1. The lowest BCUT2D eigenvalue weighted by Gasteiger charge is -2.30. The number of aliphatic carboxylic acids is 1. The number of carboxylic acids is 1. The summed E-state index contributed by atoms with van der Waals surface area (Å²) in [4.78, 5) is 304. The summed E-state index contributed by atoms with van der Waals surface area (Å²) in [6, 6.07) is -21.9. The van der Waals surface area contributed by atoms with Crippen LogP contribution in [0.1, 0.15) is 117 Å². The number of unbranched alkanes of at least 4 members (excludes halogenated alkanes) is 2. The van der Waals surface area contributed by atoms with Crippen LogP contribution in [-0.2, 0) is 109 Å². The van der Waals surface area contributed by atoms with Gasteiger partial charge in [-0.3, -0.25) is 96.5 Å². The predicted molar refractivity (Wildman–Crippen MR) is 552 cm³/mol. The number of thioether (sulfide) groups is 1. The van der Waals surface area contributed by atoms with Crippen molar-refractivity contribution in [3.8, 4) is 0 Å². The van der Waals surface area contributed by atoms with Crippen molar-refractivity contribution in [1.82, 2.24) is 116 Å². The van der Waals surface area contributed by atoms with Gasteiger partial charge in [0.15, 0.2) is 12.0 Å². The van der Waals surface area contributed by atoms with Gasteiger partial charge in [-0.2, -0.15) is 11.8 Å². The van der Waals surface area contributed by atoms with Crippen LogP contribution < -0.4 is 129 Å². The first-order valence-corrected chi connectivity index (χ1v) is 58.0. The van der Waals surface area contributed by atoms with Crippen molar-refractivity contribution >= 4 is 222 Å². The van der Waals surface area contributed by atoms with Gasteiger partial charge in [0.2, 0.25) is 112 Å². The molecule has 1 aromatic carbocycles. The van der Waals surface area contributed by atoms with Crippen molar-refractivity contribution in [2.45, 2.75) is 233 Å². The Labute approximate surface area is 868 Å². The van der Waals surface area contributed by atoms with Crippen molar-refractivity contribution < 1.29 is 111 Å². The van der Waals surface area contributed by atoms with E-state index in [4.69, 9.17) is 28.3 Å². The highest BCUT2D eigenvalue weighted by Gasteiger charge is 2.42. The quantitative estimate of drug-likeness (QED) is 0.0140. The second-order valence-corrected chi connectivity index (χ2v) is 45.3. The zero-order chi connectivity index (χ0) is 106. The van der Waals surface area contributed by atoms with Gasteiger partial charge in [-0.05, 0) is 107 Å². The third-order valence-electron chi connectivity index (χ3n) is 22.9. The predicted octanol–water partition coefficient (Wildman–Crippen LogP) is -7.60. The van der Waals surface area contributed by atoms with Crippen molar-refractivity contribution in [2.75, 3.05) is 97.4 Å². The first-order valence-electron chi connectivity index (χ1n) is 46.7. The van der Waals surface area contributed by atoms with Gasteiger partial charge < -0.3 is 150 Å². The molecule has 4 fully saturated rings. The summed E-state index contributed by atoms with van der Waals surface area (Å²) in [6.45, 7) is 4.96. The summed E-state index contributed by atoms with van der Waals surface area (Å²) in [5, 5.41) is 90.7. The number of carbonyl (C=O) groups excluding carboxylic acids is 19. The fourth-order valence-corrected chi connectivity index (χ4v) is 23.8. The average Bonchev–Trinajstić information content (AvgIpc) is 1.03. The van der Waals surface area contributed by atoms with E-state index in [1.54, 1.807) is 64.3 Å². The van der Waals surface area contributed by atoms with Crippen LogP contribution in [0.3, 0.4) is 0 Å². The number of amides is 19. The Morgan fingerprint density at radius 1 is 0.500 bits per heavy atom. The molecule has 0 aliphatic carbocycles. The topological polar surface area (TPSA) is 799 Å². The Kier molecular flexibility index (Phi) is 55.9. The number of benzene rings is 1. The number of aromatic nitrogens is 2. The third kappa shape index (κ3) is 42.9. The molecule has 33 N–H and O–H groups in total. The molecule has 21 atom stereocenters. The van der Waals surface area contributed by atoms with E-state index in [2.05, 4.69) is 116 Å². The molecule has 1 aromatic heterocycles. The molecule has 4 saturated heterocycles. The number of rotatable bonds is 32. The zero-order valence-electron chi connectivity index (χ0n) is 80.4. The SMILES string of the molecule is CC[C@H](C)[C@H](N)C(=O)N[C@H]1CSSC[C@@H]2NC(=O)CNC(=O)[C@@H]3CSSC[C@H](NC(=O)[C@H](CCSC)NC(=O)CNC(=O)[C@@H]4CSSC[C@H](NC2=O)C(=O)N[C@@H](Cc2cnc[nH]2)C(=O)N[C@@H](CCCNC(=N)N)C(=O)N[C@@H](CO)C(=O)N[C@@H](CCCCN)C(=O)N4)C(=O)N[C@H](C(=O)N[C@@H](CCCCN)C(=O)N[C@H](C(=O)O)[C@@H](C)O)CSSC[C@H](NC(=O)[C@H](Cc2ccccc2)NC(=O)[C@H]([C@@H](C)CC)NC1=O)C(=O)N3. The van der Waals surface area contributed by atoms with Crippen LogP contribution in [0.2, 0.25) is 0 Å². The Bertz CT molecular complexity index is 4660. The number of H-pyrrole nitrogens is 1. The number of nitrogens with zero attached hydrogens (tertiary/aromatic N) is 1. The van der Waals surface area contributed by atoms with Gasteiger partial charge >= 0.3 is 5.97 Å². The third-order valence-corrected chi connectivity index (χ3v) is 33.3. The van der Waals surface area contributed by atoms with Gasteiger partial charge in [0, 0.05) is 77.3 Å². The Morgan fingerprint density at radius 3 is 1.47 bits per heavy atom. The Balaban J connectivity index is 1.63. The van der Waals surface area contributed by atoms with E-state index < -0.39 is 323 Å². The number of carboxylic acid groups (broad SMARTS) is 1. The maximum absolute atomic E-state index is 15.6. The molecule has 0 unspecified atom stereocenters. The van der Waals surface area contributed by atoms with Crippen molar-refractivity contribution in [3.05, 3.63) is 54.1 Å². The van der Waals surface area contributed by atoms with E-state index in [1.807, 2.05) is 0 Å². The lowest BCUT2D eigenvalue weighted by molar-refractivity contribution is -0.145. The molecule has 4 aliphatic heterocycles. The molecule has 19 amide bonds. The lowest BCUT2D eigenvalue weighted by Crippen LogP contribution is -2.62. The van der Waals surface area contributed by atoms with Crippen molar-refractivity contribution in [3.63, 3.8) is 0 Å². The summed E-state index contributed by atoms with van der Waals surface area (Å²) in [5.41, 5.74) is 24.5. The van der Waals surface area contributed by atoms with E-state index in [0.717, 1.165) is 93.3 Å². The molecule has 6 bridgehead atoms. The minimum atomic E-state index is -1.89. The lowest BCUT2D eigenvalue weighted by atomic mass is 9.96. The van der Waals surface area contributed by atoms with Crippen LogP contribution >= 0.6 is 98.1 Å². The van der Waals surface area contributed by atoms with E-state index in [0.29, 0.717) is 12.0 Å². The number of aromatic amines is 1. The Hall–Kier alpha value is -9.95. The van der Waals surface area contributed by atoms with Gasteiger partial charge in [0.1, 0.15) is 96.7 Å². The number of carbonyl (C=O) groups is 20. The molecule has 0 spiro atoms. The highest BCUT2D eigenvalue weighted by atomic mass is 33.1. The number of hydrogen-bond donors (Lipinski definition) is 29. The van der Waals surface area contributed by atoms with Crippen LogP contribution in [0.25, 0.3) is 0 Å². The van der Waals surface area contributed by atoms with E-state index in [1.165, 1.54) is 24.3 Å². The summed E-state index contributed by atoms with van der Waals surface area (Å²) < 4.78 is 0. The van der Waals surface area contributed by atoms with Crippen LogP contribution in [0.5, 0.6) is 0 Å². The Morgan fingerprint density at radius 2 is 0.951 bits per heavy atom. The summed E-state index contributed by atoms with van der Waals surface area (Å²) in [7, 11) is 6.41. The van der Waals surface area contributed by atoms with Gasteiger partial charge in [0.05, 0.1) is 38.2 Å². The van der Waals surface area contributed by atoms with Crippen LogP contribution in [0, 0.1) is 17.2 Å². The van der Waals surface area contributed by atoms with E-state index in [-0.39, 0.29) is 102 Å². The maximum Gasteiger partial charge on any atom is 0.328 e. The molecule has 802 valence electrons. The van der Waals surface area contributed by atoms with Crippen molar-refractivity contribution in [1.29, 1.82) is 5.41 Å². The van der Waals surface area contributed by atoms with Gasteiger partial charge in [-0.15, -0.1) is 0 Å². The molecule has 50 nitrogen and oxygen atoms in total. The number of nitrogens with one attached hydrogen (secondary N) is 22. The highest BCUT2D eigenvalue weighted by molar-refractivity contribution is 8.77. The summed E-state index contributed by atoms with van der Waals surface area (Å²) in [6.07, 6.45) is 2.50. The standard InChI is InChI=1S/C85H135N27O23S9/c1-7-42(3)64(88)82(132)110-61-40-144-139-35-56-76(126)108-58-37-140-137-33-54(104-70(120)47(19-12-14-23-86)99-75(125)53(32-113)103-69(119)49(21-16-25-92-85(89)90)98-74(124)52(101-78(58)128)28-46-29-91-41-95-46)67(117)93-30-62(115)96-50(22-26-136-6)71(121)106-59-38-141-138-34-55(68(118)94-31-63(116)97-56)105-79(129)60(107-73(123)51(27-45-17-10-9-11-18-45)102-83(133)65(43(4)8-2)111-81(61)131)39-143-142-36-57(109-80(59)130)77(127)100-48(20-13-15-24-87)72(122)112-66(44(5)114)84(134)135/h9-11,17-18,29,41-44,47-61,64-66,113-114H,7-8,12-16,19-28,30-40,86-88H2,1-6H3,(H,91,95)(H,93,117)(H,94,118)(H,96,115)(H,97,116)(H,98,124)(H,99,125)(H,100,127)(H,101,128)(H,102,133)(H,103,119)(H,104,120)(H,105,129)(H,106,121)(H,107,123)(H,108,126)(H,109,130)(H,110,132)(H,111,131)(H,112,122)(H,134,135)(H4,89,90,92)/t42-,43-,44+,47-,48-,49-,50-,51-,52-,53-,54-,55-,56-,57-,58-,59-,60-,61-,64-,65-,66-/m0/s1. The van der Waals surface area contributed by atoms with Gasteiger partial charge in [0.25, 0.3) is 0 Å². The molecular weight excluding hydrogens is 2060 g/mol. The molecule has 2 aromatic rings. The van der Waals surface area contributed by atoms with Crippen LogP contribution in [-0.4, -0.2) is 362 Å². The van der Waals surface area contributed by atoms with Crippen LogP contribution in [0.15, 0.2) is 42.9 Å². The number of fused-ring (bicyclic) bond motifs is 16. The number of nitrogens with two attached hydrogens (primary N) is 4. The van der Waals surface area contributed by atoms with Crippen LogP contribution in [0.4, 0.5) is 0 Å². The monoisotopic (exact) mass is 2190 g/mol. The van der Waals surface area contributed by atoms with Crippen molar-refractivity contribution in [2.24, 2.45) is 34.8 Å². The molecule has 144 heavy (non-hydrogen) atoms. The molecule has 0 saturated carbocycles. The van der Waals surface area contributed by atoms with Gasteiger partial charge in [-0.1, -0.05) is 157 Å². The molecule has 4 aliphatic rings. The fraction of sp³-hybridized carbons (Fsp3) is 0.647. The number of imidazole rings is 1. The zero-order valence-corrected chi connectivity index (χ0v) is 87.8. The van der Waals surface area contributed by atoms with Gasteiger partial charge in [-0.25, -0.2) is 9.78 Å². The summed E-state index contributed by atoms with van der Waals surface area (Å²) in [5.74, 6) is -27.3. The maximum atomic E-state index is 15.6. The smallest absolute Gasteiger partial charge is 0.328 e. The fourth-order valence-electron chi connectivity index (χ4n) is 14.0. The number of aliphatic hydroxyl groups is 2. The second-order valence-electron chi connectivity index (χ2n) is 34.1. The molecule has 6 rings (SSSR count). The normalized spacial score (nSPS) is 26.0. The highest BCUT2D eigenvalue weighted by Crippen LogP contribution is 2.30. The minimum Gasteiger partial charge on any atom is -0.480 e. The molecule has 0 radical (unpaired) electrons. The average molecular weight is 2190 g/mol. The molecule has 59 heteroatoms. The minimum absolute atomic E-state index is 0.0174. The molecular formula is C85H135N27O23S9. The first-order chi connectivity index (χ1) is 68.7. The number of aliphatic hydroxyl groups excluding tert-OH is 2. The second kappa shape index (κ2) is 65.6. The van der Waals surface area contributed by atoms with E-state index >= 15 is 52.7 Å². The first kappa shape index (κ1) is 123. The summed E-state index contributed by atoms with van der Waals surface area (Å²) >= 11 is 1.22. The largest absolute Gasteiger partial charge is 0.480 e. The van der Waals surface area contributed by atoms with E-state index in [9.17, 15) is 58.5 Å².